The van der Waals surface area contributed by atoms with Gasteiger partial charge in [-0.3, -0.25) is 14.8 Å². The number of carbonyl (C=O) groups is 1. The third kappa shape index (κ3) is 2.73. The lowest BCUT2D eigenvalue weighted by molar-refractivity contribution is -0.143. The van der Waals surface area contributed by atoms with Crippen molar-refractivity contribution in [3.8, 4) is 0 Å². The van der Waals surface area contributed by atoms with Crippen LogP contribution < -0.4 is 0 Å². The van der Waals surface area contributed by atoms with E-state index in [0.29, 0.717) is 17.4 Å². The molecule has 3 rings (SSSR count). The first-order chi connectivity index (χ1) is 11.5. The van der Waals surface area contributed by atoms with E-state index in [9.17, 15) is 4.79 Å². The van der Waals surface area contributed by atoms with Crippen molar-refractivity contribution in [2.45, 2.75) is 26.7 Å². The molecule has 0 saturated heterocycles. The first-order valence-electron chi connectivity index (χ1n) is 7.57. The van der Waals surface area contributed by atoms with Gasteiger partial charge in [0.2, 0.25) is 0 Å². The second-order valence-electron chi connectivity index (χ2n) is 5.66. The second kappa shape index (κ2) is 6.35. The van der Waals surface area contributed by atoms with E-state index in [2.05, 4.69) is 20.1 Å². The van der Waals surface area contributed by atoms with Crippen molar-refractivity contribution in [3.63, 3.8) is 0 Å². The third-order valence-electron chi connectivity index (χ3n) is 4.08. The quantitative estimate of drug-likeness (QED) is 0.805. The van der Waals surface area contributed by atoms with Crippen LogP contribution in [0.5, 0.6) is 0 Å². The van der Waals surface area contributed by atoms with Gasteiger partial charge in [-0.15, -0.1) is 0 Å². The van der Waals surface area contributed by atoms with E-state index in [0.717, 1.165) is 16.8 Å². The summed E-state index contributed by atoms with van der Waals surface area (Å²) in [5.74, 6) is -0.375. The van der Waals surface area contributed by atoms with Gasteiger partial charge < -0.3 is 9.26 Å². The van der Waals surface area contributed by atoms with Crippen molar-refractivity contribution in [1.29, 1.82) is 0 Å². The number of hydrogen-bond donors (Lipinski definition) is 0. The predicted octanol–water partition coefficient (Wildman–Crippen LogP) is 2.55. The molecule has 124 valence electrons. The maximum absolute atomic E-state index is 12.4. The Bertz CT molecular complexity index is 823. The SMILES string of the molecule is COC(=O)C1C(C)=NC(C)=C(c2nc(C)no2)C1c1cccnc1. The Kier molecular flexibility index (Phi) is 4.24. The van der Waals surface area contributed by atoms with Crippen LogP contribution in [0.25, 0.3) is 5.57 Å². The maximum Gasteiger partial charge on any atom is 0.315 e. The van der Waals surface area contributed by atoms with Crippen molar-refractivity contribution in [3.05, 3.63) is 47.5 Å². The number of aliphatic imine (C=N–C) groups is 1. The summed E-state index contributed by atoms with van der Waals surface area (Å²) < 4.78 is 10.4. The molecule has 7 nitrogen and oxygen atoms in total. The molecular formula is C17H18N4O3. The summed E-state index contributed by atoms with van der Waals surface area (Å²) in [7, 11) is 1.37. The van der Waals surface area contributed by atoms with Crippen LogP contribution in [0, 0.1) is 12.8 Å². The average molecular weight is 326 g/mol. The summed E-state index contributed by atoms with van der Waals surface area (Å²) in [5.41, 5.74) is 3.02. The number of pyridine rings is 1. The first kappa shape index (κ1) is 16.0. The summed E-state index contributed by atoms with van der Waals surface area (Å²) in [6, 6.07) is 3.75. The van der Waals surface area contributed by atoms with Crippen molar-refractivity contribution < 1.29 is 14.1 Å². The Morgan fingerprint density at radius 2 is 2.08 bits per heavy atom. The molecule has 0 amide bonds. The minimum atomic E-state index is -0.565. The molecule has 24 heavy (non-hydrogen) atoms. The topological polar surface area (TPSA) is 90.5 Å². The minimum Gasteiger partial charge on any atom is -0.468 e. The maximum atomic E-state index is 12.4. The molecule has 3 heterocycles. The van der Waals surface area contributed by atoms with Crippen molar-refractivity contribution >= 4 is 17.3 Å². The molecule has 0 bridgehead atoms. The normalized spacial score (nSPS) is 20.8. The number of aromatic nitrogens is 3. The van der Waals surface area contributed by atoms with E-state index >= 15 is 0 Å². The average Bonchev–Trinajstić information content (AvgIpc) is 3.00. The largest absolute Gasteiger partial charge is 0.468 e. The number of hydrogen-bond acceptors (Lipinski definition) is 7. The van der Waals surface area contributed by atoms with Gasteiger partial charge in [0.25, 0.3) is 5.89 Å². The van der Waals surface area contributed by atoms with E-state index in [4.69, 9.17) is 9.26 Å². The minimum absolute atomic E-state index is 0.344. The summed E-state index contributed by atoms with van der Waals surface area (Å²) >= 11 is 0. The van der Waals surface area contributed by atoms with Crippen molar-refractivity contribution in [2.24, 2.45) is 10.9 Å². The number of methoxy groups -OCH3 is 1. The molecule has 2 atom stereocenters. The highest BCUT2D eigenvalue weighted by molar-refractivity contribution is 6.06. The fraction of sp³-hybridized carbons (Fsp3) is 0.353. The van der Waals surface area contributed by atoms with Crippen LogP contribution in [0.3, 0.4) is 0 Å². The molecule has 0 N–H and O–H groups in total. The molecule has 1 aliphatic rings. The van der Waals surface area contributed by atoms with Gasteiger partial charge in [-0.1, -0.05) is 11.2 Å². The van der Waals surface area contributed by atoms with Gasteiger partial charge in [0.05, 0.1) is 7.11 Å². The molecule has 7 heteroatoms. The Morgan fingerprint density at radius 3 is 2.67 bits per heavy atom. The van der Waals surface area contributed by atoms with Gasteiger partial charge in [-0.2, -0.15) is 4.98 Å². The molecule has 2 aromatic heterocycles. The summed E-state index contributed by atoms with van der Waals surface area (Å²) in [4.78, 5) is 25.5. The number of nitrogens with zero attached hydrogens (tertiary/aromatic N) is 4. The zero-order chi connectivity index (χ0) is 17.3. The van der Waals surface area contributed by atoms with Gasteiger partial charge in [0.15, 0.2) is 5.82 Å². The van der Waals surface area contributed by atoms with Crippen LogP contribution >= 0.6 is 0 Å². The number of allylic oxidation sites excluding steroid dienone is 2. The van der Waals surface area contributed by atoms with Crippen LogP contribution in [0.2, 0.25) is 0 Å². The molecule has 2 unspecified atom stereocenters. The van der Waals surface area contributed by atoms with Crippen LogP contribution in [0.15, 0.2) is 39.7 Å². The fourth-order valence-corrected chi connectivity index (χ4v) is 3.07. The summed E-state index contributed by atoms with van der Waals surface area (Å²) in [6.07, 6.45) is 3.42. The van der Waals surface area contributed by atoms with E-state index in [1.54, 1.807) is 19.3 Å². The van der Waals surface area contributed by atoms with E-state index < -0.39 is 5.92 Å². The number of aryl methyl sites for hydroxylation is 1. The number of ether oxygens (including phenoxy) is 1. The smallest absolute Gasteiger partial charge is 0.315 e. The first-order valence-corrected chi connectivity index (χ1v) is 7.57. The monoisotopic (exact) mass is 326 g/mol. The summed E-state index contributed by atoms with van der Waals surface area (Å²) in [6.45, 7) is 5.44. The van der Waals surface area contributed by atoms with Gasteiger partial charge >= 0.3 is 5.97 Å². The fourth-order valence-electron chi connectivity index (χ4n) is 3.07. The highest BCUT2D eigenvalue weighted by Crippen LogP contribution is 2.43. The Labute approximate surface area is 139 Å². The number of esters is 1. The van der Waals surface area contributed by atoms with Crippen molar-refractivity contribution in [1.82, 2.24) is 15.1 Å². The zero-order valence-corrected chi connectivity index (χ0v) is 14.0. The molecule has 0 spiro atoms. The van der Waals surface area contributed by atoms with Gasteiger partial charge in [-0.05, 0) is 32.4 Å². The molecule has 0 fully saturated rings. The number of carbonyl (C=O) groups excluding carboxylic acids is 1. The van der Waals surface area contributed by atoms with Gasteiger partial charge in [-0.25, -0.2) is 0 Å². The molecule has 0 radical (unpaired) electrons. The lowest BCUT2D eigenvalue weighted by atomic mass is 9.76. The Balaban J connectivity index is 2.22. The Hall–Kier alpha value is -2.83. The lowest BCUT2D eigenvalue weighted by Gasteiger charge is -2.30. The molecule has 0 saturated carbocycles. The van der Waals surface area contributed by atoms with Crippen LogP contribution in [-0.2, 0) is 9.53 Å². The van der Waals surface area contributed by atoms with Crippen molar-refractivity contribution in [2.75, 3.05) is 7.11 Å². The number of rotatable bonds is 3. The second-order valence-corrected chi connectivity index (χ2v) is 5.66. The highest BCUT2D eigenvalue weighted by atomic mass is 16.5. The highest BCUT2D eigenvalue weighted by Gasteiger charge is 2.41. The lowest BCUT2D eigenvalue weighted by Crippen LogP contribution is -2.33. The van der Waals surface area contributed by atoms with Crippen LogP contribution in [-0.4, -0.2) is 33.9 Å². The molecule has 2 aromatic rings. The van der Waals surface area contributed by atoms with E-state index in [1.807, 2.05) is 26.0 Å². The molecule has 0 aromatic carbocycles. The van der Waals surface area contributed by atoms with Gasteiger partial charge in [0.1, 0.15) is 5.92 Å². The Morgan fingerprint density at radius 1 is 1.29 bits per heavy atom. The molecular weight excluding hydrogens is 308 g/mol. The van der Waals surface area contributed by atoms with Crippen LogP contribution in [0.4, 0.5) is 0 Å². The summed E-state index contributed by atoms with van der Waals surface area (Å²) in [5, 5.41) is 3.86. The molecule has 0 aliphatic carbocycles. The molecule has 1 aliphatic heterocycles. The zero-order valence-electron chi connectivity index (χ0n) is 14.0. The van der Waals surface area contributed by atoms with Crippen LogP contribution in [0.1, 0.15) is 37.0 Å². The van der Waals surface area contributed by atoms with E-state index in [1.165, 1.54) is 7.11 Å². The predicted molar refractivity (Wildman–Crippen MR) is 87.2 cm³/mol. The standard InChI is InChI=1S/C17H18N4O3/c1-9-13(16-20-11(3)21-24-16)15(12-6-5-7-18-8-12)14(10(2)19-9)17(22)23-4/h5-8,14-15H,1-4H3. The third-order valence-corrected chi connectivity index (χ3v) is 4.08. The van der Waals surface area contributed by atoms with Gasteiger partial charge in [0, 0.05) is 35.3 Å². The van der Waals surface area contributed by atoms with E-state index in [-0.39, 0.29) is 11.9 Å².